The molecule has 0 aliphatic heterocycles. The van der Waals surface area contributed by atoms with Crippen molar-refractivity contribution < 1.29 is 9.53 Å². The van der Waals surface area contributed by atoms with Crippen LogP contribution < -0.4 is 5.32 Å². The Morgan fingerprint density at radius 3 is 2.88 bits per heavy atom. The van der Waals surface area contributed by atoms with Crippen molar-refractivity contribution in [2.24, 2.45) is 0 Å². The Morgan fingerprint density at radius 1 is 1.29 bits per heavy atom. The number of nitrogens with one attached hydrogen (secondary N) is 1. The van der Waals surface area contributed by atoms with Gasteiger partial charge in [-0.2, -0.15) is 0 Å². The van der Waals surface area contributed by atoms with Gasteiger partial charge in [0.15, 0.2) is 10.9 Å². The van der Waals surface area contributed by atoms with Gasteiger partial charge in [-0.1, -0.05) is 30.0 Å². The fraction of sp³-hybridized carbons (Fsp3) is 0.222. The van der Waals surface area contributed by atoms with Crippen molar-refractivity contribution >= 4 is 28.9 Å². The first-order valence-electron chi connectivity index (χ1n) is 7.59. The Kier molecular flexibility index (Phi) is 4.87. The lowest BCUT2D eigenvalue weighted by atomic mass is 10.1. The number of hydrogen-bond acceptors (Lipinski definition) is 4. The lowest BCUT2D eigenvalue weighted by molar-refractivity contribution is 0.102. The van der Waals surface area contributed by atoms with Crippen LogP contribution in [0, 0.1) is 0 Å². The second kappa shape index (κ2) is 7.07. The largest absolute Gasteiger partial charge is 0.377 e. The predicted molar refractivity (Wildman–Crippen MR) is 96.8 cm³/mol. The molecule has 124 valence electrons. The first-order chi connectivity index (χ1) is 11.6. The van der Waals surface area contributed by atoms with Crippen molar-refractivity contribution in [2.75, 3.05) is 18.7 Å². The highest BCUT2D eigenvalue weighted by molar-refractivity contribution is 7.98. The summed E-state index contributed by atoms with van der Waals surface area (Å²) in [6.45, 7) is 1.97. The van der Waals surface area contributed by atoms with Gasteiger partial charge in [0.1, 0.15) is 0 Å². The van der Waals surface area contributed by atoms with Gasteiger partial charge in [0.25, 0.3) is 5.91 Å². The van der Waals surface area contributed by atoms with Crippen LogP contribution in [-0.2, 0) is 4.74 Å². The van der Waals surface area contributed by atoms with Crippen LogP contribution in [0.5, 0.6) is 0 Å². The van der Waals surface area contributed by atoms with E-state index in [1.165, 1.54) is 11.8 Å². The van der Waals surface area contributed by atoms with Crippen LogP contribution in [0.1, 0.15) is 29.1 Å². The molecule has 1 aromatic carbocycles. The smallest absolute Gasteiger partial charge is 0.276 e. The van der Waals surface area contributed by atoms with Gasteiger partial charge >= 0.3 is 0 Å². The second-order valence-electron chi connectivity index (χ2n) is 5.36. The average molecular weight is 341 g/mol. The summed E-state index contributed by atoms with van der Waals surface area (Å²) in [5, 5.41) is 3.72. The molecule has 1 amide bonds. The number of methoxy groups -OCH3 is 1. The molecular weight excluding hydrogens is 322 g/mol. The summed E-state index contributed by atoms with van der Waals surface area (Å²) in [5.74, 6) is -0.221. The van der Waals surface area contributed by atoms with Crippen LogP contribution in [0.25, 0.3) is 5.52 Å². The summed E-state index contributed by atoms with van der Waals surface area (Å²) in [4.78, 5) is 17.1. The number of carbonyl (C=O) groups is 1. The van der Waals surface area contributed by atoms with Gasteiger partial charge in [-0.3, -0.25) is 9.20 Å². The van der Waals surface area contributed by atoms with E-state index >= 15 is 0 Å². The van der Waals surface area contributed by atoms with E-state index in [1.807, 2.05) is 66.2 Å². The Labute approximate surface area is 145 Å². The van der Waals surface area contributed by atoms with Gasteiger partial charge in [-0.25, -0.2) is 4.98 Å². The van der Waals surface area contributed by atoms with Crippen molar-refractivity contribution in [3.8, 4) is 0 Å². The van der Waals surface area contributed by atoms with Crippen molar-refractivity contribution in [2.45, 2.75) is 18.2 Å². The van der Waals surface area contributed by atoms with Gasteiger partial charge in [0.05, 0.1) is 11.6 Å². The molecule has 2 aromatic heterocycles. The number of fused-ring (bicyclic) bond motifs is 1. The molecule has 3 rings (SSSR count). The van der Waals surface area contributed by atoms with Crippen LogP contribution in [0.2, 0.25) is 0 Å². The molecule has 0 saturated carbocycles. The maximum Gasteiger partial charge on any atom is 0.276 e. The second-order valence-corrected chi connectivity index (χ2v) is 6.13. The van der Waals surface area contributed by atoms with Crippen LogP contribution in [0.4, 0.5) is 5.69 Å². The van der Waals surface area contributed by atoms with E-state index in [1.54, 1.807) is 7.11 Å². The number of thioether (sulfide) groups is 1. The van der Waals surface area contributed by atoms with Crippen molar-refractivity contribution in [3.05, 3.63) is 59.9 Å². The molecule has 2 heterocycles. The number of imidazole rings is 1. The van der Waals surface area contributed by atoms with Crippen molar-refractivity contribution in [1.29, 1.82) is 0 Å². The highest BCUT2D eigenvalue weighted by Gasteiger charge is 2.17. The molecule has 24 heavy (non-hydrogen) atoms. The molecule has 0 saturated heterocycles. The maximum absolute atomic E-state index is 12.7. The summed E-state index contributed by atoms with van der Waals surface area (Å²) in [6.07, 6.45) is 3.82. The lowest BCUT2D eigenvalue weighted by Gasteiger charge is -2.11. The van der Waals surface area contributed by atoms with E-state index in [-0.39, 0.29) is 12.0 Å². The summed E-state index contributed by atoms with van der Waals surface area (Å²) >= 11 is 1.51. The molecule has 1 unspecified atom stereocenters. The van der Waals surface area contributed by atoms with E-state index < -0.39 is 0 Å². The molecule has 0 fully saturated rings. The SMILES string of the molecule is COC(C)c1cccc(NC(=O)c2nc(SC)n3ccccc23)c1. The highest BCUT2D eigenvalue weighted by Crippen LogP contribution is 2.23. The topological polar surface area (TPSA) is 55.6 Å². The van der Waals surface area contributed by atoms with Gasteiger partial charge in [0.2, 0.25) is 0 Å². The monoisotopic (exact) mass is 341 g/mol. The van der Waals surface area contributed by atoms with Gasteiger partial charge in [0, 0.05) is 19.0 Å². The number of aromatic nitrogens is 2. The van der Waals surface area contributed by atoms with Crippen LogP contribution >= 0.6 is 11.8 Å². The zero-order chi connectivity index (χ0) is 17.1. The van der Waals surface area contributed by atoms with Gasteiger partial charge < -0.3 is 10.1 Å². The molecule has 0 bridgehead atoms. The number of hydrogen-bond donors (Lipinski definition) is 1. The Hall–Kier alpha value is -2.31. The number of carbonyl (C=O) groups excluding carboxylic acids is 1. The average Bonchev–Trinajstić information content (AvgIpc) is 3.00. The van der Waals surface area contributed by atoms with Crippen LogP contribution in [0.15, 0.2) is 53.8 Å². The van der Waals surface area contributed by atoms with E-state index in [0.29, 0.717) is 5.69 Å². The molecular formula is C18H19N3O2S. The summed E-state index contributed by atoms with van der Waals surface area (Å²) in [7, 11) is 1.66. The third-order valence-electron chi connectivity index (χ3n) is 3.88. The quantitative estimate of drug-likeness (QED) is 0.712. The molecule has 1 atom stereocenters. The van der Waals surface area contributed by atoms with Gasteiger partial charge in [-0.15, -0.1) is 0 Å². The standard InChI is InChI=1S/C18H19N3O2S/c1-12(23-2)13-7-6-8-14(11-13)19-17(22)16-15-9-4-5-10-21(15)18(20-16)24-3/h4-12H,1-3H3,(H,19,22). The predicted octanol–water partition coefficient (Wildman–Crippen LogP) is 4.02. The third-order valence-corrected chi connectivity index (χ3v) is 4.53. The van der Waals surface area contributed by atoms with E-state index in [9.17, 15) is 4.79 Å². The Balaban J connectivity index is 1.91. The van der Waals surface area contributed by atoms with Crippen LogP contribution in [-0.4, -0.2) is 28.7 Å². The molecule has 0 radical (unpaired) electrons. The molecule has 3 aromatic rings. The number of nitrogens with zero attached hydrogens (tertiary/aromatic N) is 2. The Bertz CT molecular complexity index is 876. The van der Waals surface area contributed by atoms with E-state index in [4.69, 9.17) is 4.74 Å². The summed E-state index contributed by atoms with van der Waals surface area (Å²) in [5.41, 5.74) is 2.95. The maximum atomic E-state index is 12.7. The fourth-order valence-corrected chi connectivity index (χ4v) is 3.05. The molecule has 1 N–H and O–H groups in total. The first kappa shape index (κ1) is 16.5. The van der Waals surface area contributed by atoms with Crippen molar-refractivity contribution in [1.82, 2.24) is 9.38 Å². The summed E-state index contributed by atoms with van der Waals surface area (Å²) in [6, 6.07) is 13.4. The van der Waals surface area contributed by atoms with Crippen molar-refractivity contribution in [3.63, 3.8) is 0 Å². The molecule has 0 spiro atoms. The minimum Gasteiger partial charge on any atom is -0.377 e. The van der Waals surface area contributed by atoms with E-state index in [2.05, 4.69) is 10.3 Å². The number of rotatable bonds is 5. The fourth-order valence-electron chi connectivity index (χ4n) is 2.52. The molecule has 6 heteroatoms. The lowest BCUT2D eigenvalue weighted by Crippen LogP contribution is -2.13. The number of anilines is 1. The van der Waals surface area contributed by atoms with E-state index in [0.717, 1.165) is 21.9 Å². The minimum atomic E-state index is -0.221. The van der Waals surface area contributed by atoms with Gasteiger partial charge in [-0.05, 0) is 43.0 Å². The third kappa shape index (κ3) is 3.16. The molecule has 0 aliphatic carbocycles. The number of amides is 1. The zero-order valence-corrected chi connectivity index (χ0v) is 14.6. The zero-order valence-electron chi connectivity index (χ0n) is 13.8. The Morgan fingerprint density at radius 2 is 2.12 bits per heavy atom. The minimum absolute atomic E-state index is 0.0293. The first-order valence-corrected chi connectivity index (χ1v) is 8.81. The molecule has 0 aliphatic rings. The van der Waals surface area contributed by atoms with Crippen LogP contribution in [0.3, 0.4) is 0 Å². The number of pyridine rings is 1. The number of ether oxygens (including phenoxy) is 1. The highest BCUT2D eigenvalue weighted by atomic mass is 32.2. The number of benzene rings is 1. The normalized spacial score (nSPS) is 12.3. The summed E-state index contributed by atoms with van der Waals surface area (Å²) < 4.78 is 7.24. The molecule has 5 nitrogen and oxygen atoms in total.